The second-order valence-corrected chi connectivity index (χ2v) is 4.61. The molecule has 2 aromatic rings. The van der Waals surface area contributed by atoms with E-state index >= 15 is 0 Å². The first kappa shape index (κ1) is 15.4. The molecular formula is C16H14N2O4. The monoisotopic (exact) mass is 298 g/mol. The number of rotatable bonds is 6. The minimum Gasteiger partial charge on any atom is -0.320 e. The lowest BCUT2D eigenvalue weighted by Crippen LogP contribution is -2.14. The maximum atomic E-state index is 11.9. The maximum absolute atomic E-state index is 11.9. The number of nitro groups is 1. The van der Waals surface area contributed by atoms with Crippen molar-refractivity contribution in [3.8, 4) is 0 Å². The van der Waals surface area contributed by atoms with Crippen molar-refractivity contribution in [2.75, 3.05) is 5.32 Å². The van der Waals surface area contributed by atoms with Crippen molar-refractivity contribution in [2.45, 2.75) is 12.8 Å². The van der Waals surface area contributed by atoms with Crippen LogP contribution >= 0.6 is 0 Å². The number of nitro benzene ring substituents is 1. The van der Waals surface area contributed by atoms with Gasteiger partial charge < -0.3 is 5.32 Å². The van der Waals surface area contributed by atoms with E-state index in [0.717, 1.165) is 0 Å². The van der Waals surface area contributed by atoms with E-state index in [9.17, 15) is 19.7 Å². The lowest BCUT2D eigenvalue weighted by atomic mass is 10.1. The summed E-state index contributed by atoms with van der Waals surface area (Å²) in [5, 5.41) is 13.3. The smallest absolute Gasteiger partial charge is 0.292 e. The van der Waals surface area contributed by atoms with Gasteiger partial charge in [0.2, 0.25) is 5.91 Å². The molecule has 0 aromatic heterocycles. The highest BCUT2D eigenvalue weighted by Crippen LogP contribution is 2.23. The number of amides is 1. The number of para-hydroxylation sites is 2. The Hall–Kier alpha value is -3.02. The zero-order valence-corrected chi connectivity index (χ0v) is 11.7. The van der Waals surface area contributed by atoms with Gasteiger partial charge in [-0.2, -0.15) is 0 Å². The predicted molar refractivity (Wildman–Crippen MR) is 81.7 cm³/mol. The molecule has 0 heterocycles. The van der Waals surface area contributed by atoms with Crippen LogP contribution < -0.4 is 5.32 Å². The Bertz CT molecular complexity index is 698. The zero-order valence-electron chi connectivity index (χ0n) is 11.7. The Kier molecular flexibility index (Phi) is 4.98. The third-order valence-corrected chi connectivity index (χ3v) is 3.05. The van der Waals surface area contributed by atoms with Gasteiger partial charge in [-0.15, -0.1) is 0 Å². The molecule has 0 saturated carbocycles. The molecule has 0 aliphatic rings. The second kappa shape index (κ2) is 7.12. The molecule has 0 aliphatic carbocycles. The molecule has 0 radical (unpaired) electrons. The van der Waals surface area contributed by atoms with Crippen molar-refractivity contribution < 1.29 is 14.5 Å². The molecule has 0 atom stereocenters. The molecule has 0 fully saturated rings. The number of nitrogens with one attached hydrogen (secondary N) is 1. The molecule has 22 heavy (non-hydrogen) atoms. The lowest BCUT2D eigenvalue weighted by molar-refractivity contribution is -0.383. The predicted octanol–water partition coefficient (Wildman–Crippen LogP) is 3.20. The van der Waals surface area contributed by atoms with Crippen molar-refractivity contribution >= 4 is 23.1 Å². The molecule has 0 saturated heterocycles. The summed E-state index contributed by atoms with van der Waals surface area (Å²) in [6.45, 7) is 0. The first-order valence-electron chi connectivity index (χ1n) is 6.69. The van der Waals surface area contributed by atoms with Gasteiger partial charge in [-0.1, -0.05) is 42.5 Å². The van der Waals surface area contributed by atoms with Gasteiger partial charge in [-0.3, -0.25) is 19.7 Å². The molecule has 6 heteroatoms. The average molecular weight is 298 g/mol. The lowest BCUT2D eigenvalue weighted by Gasteiger charge is -2.05. The summed E-state index contributed by atoms with van der Waals surface area (Å²) in [5.41, 5.74) is 0.496. The highest BCUT2D eigenvalue weighted by atomic mass is 16.6. The van der Waals surface area contributed by atoms with Crippen LogP contribution in [0.15, 0.2) is 54.6 Å². The Labute approximate surface area is 126 Å². The first-order valence-corrected chi connectivity index (χ1v) is 6.69. The second-order valence-electron chi connectivity index (χ2n) is 4.61. The summed E-state index contributed by atoms with van der Waals surface area (Å²) < 4.78 is 0. The van der Waals surface area contributed by atoms with Crippen molar-refractivity contribution in [1.82, 2.24) is 0 Å². The van der Waals surface area contributed by atoms with Crippen LogP contribution in [0.25, 0.3) is 0 Å². The number of ketones is 1. The van der Waals surface area contributed by atoms with Gasteiger partial charge in [0.25, 0.3) is 5.69 Å². The Morgan fingerprint density at radius 2 is 1.59 bits per heavy atom. The van der Waals surface area contributed by atoms with Gasteiger partial charge in [0.05, 0.1) is 4.92 Å². The largest absolute Gasteiger partial charge is 0.320 e. The highest BCUT2D eigenvalue weighted by Gasteiger charge is 2.15. The van der Waals surface area contributed by atoms with Crippen LogP contribution in [0.5, 0.6) is 0 Å². The van der Waals surface area contributed by atoms with Gasteiger partial charge in [0, 0.05) is 24.5 Å². The minimum absolute atomic E-state index is 0.0280. The average Bonchev–Trinajstić information content (AvgIpc) is 2.53. The van der Waals surface area contributed by atoms with Crippen molar-refractivity contribution in [1.29, 1.82) is 0 Å². The van der Waals surface area contributed by atoms with E-state index in [-0.39, 0.29) is 30.0 Å². The molecule has 0 aliphatic heterocycles. The van der Waals surface area contributed by atoms with Gasteiger partial charge >= 0.3 is 0 Å². The quantitative estimate of drug-likeness (QED) is 0.504. The van der Waals surface area contributed by atoms with Crippen LogP contribution in [0.4, 0.5) is 11.4 Å². The topological polar surface area (TPSA) is 89.3 Å². The Morgan fingerprint density at radius 3 is 2.27 bits per heavy atom. The van der Waals surface area contributed by atoms with Crippen LogP contribution in [0, 0.1) is 10.1 Å². The summed E-state index contributed by atoms with van der Waals surface area (Å²) in [6, 6.07) is 14.5. The number of carbonyl (C=O) groups is 2. The fourth-order valence-electron chi connectivity index (χ4n) is 1.95. The van der Waals surface area contributed by atoms with Crippen molar-refractivity contribution in [3.63, 3.8) is 0 Å². The fourth-order valence-corrected chi connectivity index (χ4v) is 1.95. The van der Waals surface area contributed by atoms with E-state index in [1.54, 1.807) is 36.4 Å². The molecule has 0 unspecified atom stereocenters. The fraction of sp³-hybridized carbons (Fsp3) is 0.125. The normalized spacial score (nSPS) is 10.0. The molecule has 6 nitrogen and oxygen atoms in total. The summed E-state index contributed by atoms with van der Waals surface area (Å²) in [7, 11) is 0. The summed E-state index contributed by atoms with van der Waals surface area (Å²) in [6.07, 6.45) is 0.0241. The maximum Gasteiger partial charge on any atom is 0.292 e. The van der Waals surface area contributed by atoms with E-state index in [1.807, 2.05) is 0 Å². The molecular weight excluding hydrogens is 284 g/mol. The van der Waals surface area contributed by atoms with E-state index < -0.39 is 10.8 Å². The molecule has 1 amide bonds. The number of hydrogen-bond donors (Lipinski definition) is 1. The summed E-state index contributed by atoms with van der Waals surface area (Å²) >= 11 is 0. The third kappa shape index (κ3) is 3.99. The van der Waals surface area contributed by atoms with E-state index in [4.69, 9.17) is 0 Å². The number of nitrogens with zero attached hydrogens (tertiary/aromatic N) is 1. The van der Waals surface area contributed by atoms with Gasteiger partial charge in [-0.05, 0) is 6.07 Å². The van der Waals surface area contributed by atoms with E-state index in [0.29, 0.717) is 5.56 Å². The van der Waals surface area contributed by atoms with Crippen LogP contribution in [0.1, 0.15) is 23.2 Å². The van der Waals surface area contributed by atoms with Crippen molar-refractivity contribution in [2.24, 2.45) is 0 Å². The summed E-state index contributed by atoms with van der Waals surface area (Å²) in [5.74, 6) is -0.572. The number of carbonyl (C=O) groups excluding carboxylic acids is 2. The van der Waals surface area contributed by atoms with Gasteiger partial charge in [-0.25, -0.2) is 0 Å². The van der Waals surface area contributed by atoms with Crippen LogP contribution in [0.3, 0.4) is 0 Å². The Balaban J connectivity index is 1.94. The first-order chi connectivity index (χ1) is 10.6. The van der Waals surface area contributed by atoms with Gasteiger partial charge in [0.15, 0.2) is 5.78 Å². The standard InChI is InChI=1S/C16H14N2O4/c19-15(12-6-2-1-3-7-12)10-11-16(20)17-13-8-4-5-9-14(13)18(21)22/h1-9H,10-11H2,(H,17,20). The number of Topliss-reactive ketones (excluding diaryl/α,β-unsaturated/α-hetero) is 1. The molecule has 0 spiro atoms. The SMILES string of the molecule is O=C(CCC(=O)c1ccccc1)Nc1ccccc1[N+](=O)[O-]. The molecule has 2 aromatic carbocycles. The van der Waals surface area contributed by atoms with Gasteiger partial charge in [0.1, 0.15) is 5.69 Å². The summed E-state index contributed by atoms with van der Waals surface area (Å²) in [4.78, 5) is 34.0. The van der Waals surface area contributed by atoms with Crippen LogP contribution in [0.2, 0.25) is 0 Å². The van der Waals surface area contributed by atoms with E-state index in [1.165, 1.54) is 18.2 Å². The molecule has 112 valence electrons. The van der Waals surface area contributed by atoms with E-state index in [2.05, 4.69) is 5.32 Å². The molecule has 2 rings (SSSR count). The number of anilines is 1. The van der Waals surface area contributed by atoms with Crippen LogP contribution in [-0.4, -0.2) is 16.6 Å². The molecule has 1 N–H and O–H groups in total. The molecule has 0 bridgehead atoms. The third-order valence-electron chi connectivity index (χ3n) is 3.05. The number of benzene rings is 2. The number of hydrogen-bond acceptors (Lipinski definition) is 4. The Morgan fingerprint density at radius 1 is 0.955 bits per heavy atom. The zero-order chi connectivity index (χ0) is 15.9. The highest BCUT2D eigenvalue weighted by molar-refractivity contribution is 6.00. The van der Waals surface area contributed by atoms with Crippen LogP contribution in [-0.2, 0) is 4.79 Å². The van der Waals surface area contributed by atoms with Crippen molar-refractivity contribution in [3.05, 3.63) is 70.3 Å². The minimum atomic E-state index is -0.565.